The molecule has 0 fully saturated rings. The molecule has 3 heteroatoms. The van der Waals surface area contributed by atoms with E-state index < -0.39 is 0 Å². The molecule has 0 radical (unpaired) electrons. The highest BCUT2D eigenvalue weighted by Crippen LogP contribution is 2.14. The lowest BCUT2D eigenvalue weighted by atomic mass is 10.0. The van der Waals surface area contributed by atoms with Crippen LogP contribution < -0.4 is 11.1 Å². The summed E-state index contributed by atoms with van der Waals surface area (Å²) in [5.41, 5.74) is 9.92. The van der Waals surface area contributed by atoms with Crippen LogP contribution in [0.2, 0.25) is 0 Å². The average Bonchev–Trinajstić information content (AvgIpc) is 2.68. The van der Waals surface area contributed by atoms with Gasteiger partial charge in [0.25, 0.3) is 0 Å². The first-order valence-corrected chi connectivity index (χ1v) is 9.31. The Kier molecular flexibility index (Phi) is 15.8. The molecule has 154 valence electrons. The molecule has 0 atom stereocenters. The molecule has 0 aliphatic carbocycles. The van der Waals surface area contributed by atoms with Crippen molar-refractivity contribution in [2.24, 2.45) is 11.7 Å². The third-order valence-electron chi connectivity index (χ3n) is 3.61. The molecule has 0 saturated heterocycles. The lowest BCUT2D eigenvalue weighted by Gasteiger charge is -2.04. The number of nitrogens with one attached hydrogen (secondary N) is 1. The number of nitrogens with two attached hydrogens (primary N) is 1. The van der Waals surface area contributed by atoms with Crippen LogP contribution in [-0.4, -0.2) is 13.7 Å². The van der Waals surface area contributed by atoms with Crippen molar-refractivity contribution in [1.29, 1.82) is 0 Å². The van der Waals surface area contributed by atoms with Gasteiger partial charge in [-0.25, -0.2) is 0 Å². The second-order valence-corrected chi connectivity index (χ2v) is 6.19. The predicted molar refractivity (Wildman–Crippen MR) is 127 cm³/mol. The summed E-state index contributed by atoms with van der Waals surface area (Å²) >= 11 is 0. The fraction of sp³-hybridized carbons (Fsp3) is 0.280. The Morgan fingerprint density at radius 1 is 1.04 bits per heavy atom. The van der Waals surface area contributed by atoms with E-state index in [1.165, 1.54) is 0 Å². The number of allylic oxidation sites excluding steroid dienone is 10. The van der Waals surface area contributed by atoms with Crippen molar-refractivity contribution < 1.29 is 4.74 Å². The minimum Gasteiger partial charge on any atom is -0.495 e. The van der Waals surface area contributed by atoms with Crippen molar-refractivity contribution >= 4 is 0 Å². The van der Waals surface area contributed by atoms with Gasteiger partial charge < -0.3 is 15.8 Å². The second kappa shape index (κ2) is 16.2. The summed E-state index contributed by atoms with van der Waals surface area (Å²) in [6.45, 7) is 27.9. The van der Waals surface area contributed by atoms with Crippen LogP contribution in [0.5, 0.6) is 0 Å². The molecule has 0 heterocycles. The summed E-state index contributed by atoms with van der Waals surface area (Å²) in [5, 5.41) is 2.97. The van der Waals surface area contributed by atoms with E-state index in [9.17, 15) is 0 Å². The van der Waals surface area contributed by atoms with Crippen molar-refractivity contribution in [3.05, 3.63) is 109 Å². The van der Waals surface area contributed by atoms with Gasteiger partial charge in [-0.2, -0.15) is 0 Å². The highest BCUT2D eigenvalue weighted by molar-refractivity contribution is 5.45. The zero-order valence-corrected chi connectivity index (χ0v) is 18.3. The first-order chi connectivity index (χ1) is 13.1. The number of rotatable bonds is 11. The highest BCUT2D eigenvalue weighted by Gasteiger charge is 1.96. The van der Waals surface area contributed by atoms with Crippen LogP contribution in [-0.2, 0) is 4.74 Å². The molecular formula is C25H38N2O. The van der Waals surface area contributed by atoms with Gasteiger partial charge >= 0.3 is 0 Å². The number of hydrogen-bond donors (Lipinski definition) is 2. The van der Waals surface area contributed by atoms with Gasteiger partial charge in [0.05, 0.1) is 6.61 Å². The maximum atomic E-state index is 5.49. The summed E-state index contributed by atoms with van der Waals surface area (Å²) in [7, 11) is 1.85. The molecule has 0 aliphatic heterocycles. The van der Waals surface area contributed by atoms with Crippen LogP contribution >= 0.6 is 0 Å². The van der Waals surface area contributed by atoms with Gasteiger partial charge in [0.2, 0.25) is 0 Å². The molecule has 0 spiro atoms. The van der Waals surface area contributed by atoms with Crippen molar-refractivity contribution in [1.82, 2.24) is 5.32 Å². The van der Waals surface area contributed by atoms with Gasteiger partial charge in [-0.1, -0.05) is 76.6 Å². The van der Waals surface area contributed by atoms with Crippen LogP contribution in [0.3, 0.4) is 0 Å². The Morgan fingerprint density at radius 2 is 1.57 bits per heavy atom. The van der Waals surface area contributed by atoms with Crippen LogP contribution in [0.15, 0.2) is 109 Å². The third kappa shape index (κ3) is 14.3. The largest absolute Gasteiger partial charge is 0.495 e. The molecule has 0 aliphatic rings. The van der Waals surface area contributed by atoms with Gasteiger partial charge in [0.15, 0.2) is 0 Å². The SMILES string of the molecule is C=C(/C=C\C(=C)C(=C)/C=C\C(=C)C(C)C)OCC.C=C/C(N)=C\C(=C/C)NC. The Bertz CT molecular complexity index is 671. The standard InChI is InChI=1S/C17H24O.C8H14N2/c1-8-18-17(7)12-11-16(6)15(5)10-9-14(4)13(2)3;1-4-7(9)6-8(5-2)10-3/h9-13H,4-8H2,1-3H3;4-6,10H,1,9H2,2-3H3/b10-9-,12-11-;7-6+,8-5+. The Balaban J connectivity index is 0. The Labute approximate surface area is 172 Å². The van der Waals surface area contributed by atoms with E-state index in [0.29, 0.717) is 24.0 Å². The van der Waals surface area contributed by atoms with Crippen molar-refractivity contribution in [3.8, 4) is 0 Å². The zero-order valence-electron chi connectivity index (χ0n) is 18.3. The molecule has 0 rings (SSSR count). The number of ether oxygens (including phenoxy) is 1. The van der Waals surface area contributed by atoms with E-state index >= 15 is 0 Å². The van der Waals surface area contributed by atoms with E-state index in [0.717, 1.165) is 22.4 Å². The lowest BCUT2D eigenvalue weighted by molar-refractivity contribution is 0.244. The molecule has 0 bridgehead atoms. The topological polar surface area (TPSA) is 47.3 Å². The minimum atomic E-state index is 0.440. The monoisotopic (exact) mass is 382 g/mol. The molecule has 0 saturated carbocycles. The van der Waals surface area contributed by atoms with Gasteiger partial charge in [-0.15, -0.1) is 0 Å². The molecule has 0 unspecified atom stereocenters. The molecule has 3 N–H and O–H groups in total. The summed E-state index contributed by atoms with van der Waals surface area (Å²) < 4.78 is 5.22. The summed E-state index contributed by atoms with van der Waals surface area (Å²) in [4.78, 5) is 0. The van der Waals surface area contributed by atoms with E-state index in [-0.39, 0.29) is 0 Å². The molecule has 3 nitrogen and oxygen atoms in total. The fourth-order valence-electron chi connectivity index (χ4n) is 1.58. The van der Waals surface area contributed by atoms with Crippen LogP contribution in [0.25, 0.3) is 0 Å². The smallest absolute Gasteiger partial charge is 0.112 e. The average molecular weight is 383 g/mol. The predicted octanol–water partition coefficient (Wildman–Crippen LogP) is 6.11. The van der Waals surface area contributed by atoms with Crippen LogP contribution in [0, 0.1) is 5.92 Å². The van der Waals surface area contributed by atoms with Crippen molar-refractivity contribution in [3.63, 3.8) is 0 Å². The summed E-state index contributed by atoms with van der Waals surface area (Å²) in [5.74, 6) is 1.07. The summed E-state index contributed by atoms with van der Waals surface area (Å²) in [6.07, 6.45) is 12.9. The first kappa shape index (κ1) is 27.3. The van der Waals surface area contributed by atoms with E-state index in [1.54, 1.807) is 12.2 Å². The second-order valence-electron chi connectivity index (χ2n) is 6.19. The number of hydrogen-bond acceptors (Lipinski definition) is 3. The van der Waals surface area contributed by atoms with Crippen LogP contribution in [0.1, 0.15) is 27.7 Å². The third-order valence-corrected chi connectivity index (χ3v) is 3.61. The highest BCUT2D eigenvalue weighted by atomic mass is 16.5. The van der Waals surface area contributed by atoms with Crippen molar-refractivity contribution in [2.75, 3.05) is 13.7 Å². The summed E-state index contributed by atoms with van der Waals surface area (Å²) in [6, 6.07) is 0. The van der Waals surface area contributed by atoms with Crippen molar-refractivity contribution in [2.45, 2.75) is 27.7 Å². The zero-order chi connectivity index (χ0) is 22.1. The van der Waals surface area contributed by atoms with E-state index in [2.05, 4.69) is 52.1 Å². The molecule has 0 amide bonds. The van der Waals surface area contributed by atoms with E-state index in [4.69, 9.17) is 10.5 Å². The fourth-order valence-corrected chi connectivity index (χ4v) is 1.58. The van der Waals surface area contributed by atoms with E-state index in [1.807, 2.05) is 51.3 Å². The Morgan fingerprint density at radius 3 is 1.96 bits per heavy atom. The van der Waals surface area contributed by atoms with Crippen LogP contribution in [0.4, 0.5) is 0 Å². The maximum Gasteiger partial charge on any atom is 0.112 e. The Hall–Kier alpha value is -2.94. The molecule has 0 aromatic carbocycles. The maximum absolute atomic E-state index is 5.49. The number of likely N-dealkylation sites (N-methyl/N-ethyl adjacent to an activating group) is 1. The van der Waals surface area contributed by atoms with Gasteiger partial charge in [0, 0.05) is 18.4 Å². The minimum absolute atomic E-state index is 0.440. The van der Waals surface area contributed by atoms with Gasteiger partial charge in [0.1, 0.15) is 5.76 Å². The quantitative estimate of drug-likeness (QED) is 0.335. The molecule has 0 aromatic rings. The normalized spacial score (nSPS) is 11.8. The van der Waals surface area contributed by atoms with Gasteiger partial charge in [-0.05, 0) is 49.1 Å². The molecular weight excluding hydrogens is 344 g/mol. The molecule has 28 heavy (non-hydrogen) atoms. The lowest BCUT2D eigenvalue weighted by Crippen LogP contribution is -2.05. The van der Waals surface area contributed by atoms with Gasteiger partial charge in [-0.3, -0.25) is 0 Å². The first-order valence-electron chi connectivity index (χ1n) is 9.31. The molecule has 0 aromatic heterocycles.